The first-order chi connectivity index (χ1) is 18.9. The molecule has 0 radical (unpaired) electrons. The molecule has 2 aromatic carbocycles. The summed E-state index contributed by atoms with van der Waals surface area (Å²) in [6.07, 6.45) is 7.26. The molecule has 2 aliphatic heterocycles. The summed E-state index contributed by atoms with van der Waals surface area (Å²) in [6.45, 7) is 7.70. The number of benzene rings is 2. The molecule has 2 heterocycles. The van der Waals surface area contributed by atoms with Gasteiger partial charge in [-0.15, -0.1) is 12.8 Å². The summed E-state index contributed by atoms with van der Waals surface area (Å²) in [6, 6.07) is 14.0. The number of allylic oxidation sites excluding steroid dienone is 3. The molecule has 2 aliphatic rings. The SMILES string of the molecule is C#C.C=C(/C(C)=C(\Cl)N1C=C(c2cccc(CN(C)C)c2)C=C(C(F)(F)F)C1)N1CCC(c2ccc(F)cc2)C1. The van der Waals surface area contributed by atoms with E-state index in [2.05, 4.69) is 24.3 Å². The highest BCUT2D eigenvalue weighted by Gasteiger charge is 2.37. The average Bonchev–Trinajstić information content (AvgIpc) is 3.43. The Bertz CT molecular complexity index is 1320. The Morgan fingerprint density at radius 1 is 1.12 bits per heavy atom. The van der Waals surface area contributed by atoms with E-state index in [0.29, 0.717) is 35.5 Å². The fourth-order valence-electron chi connectivity index (χ4n) is 4.92. The van der Waals surface area contributed by atoms with Crippen molar-refractivity contribution in [2.45, 2.75) is 32.0 Å². The molecule has 0 saturated carbocycles. The van der Waals surface area contributed by atoms with Crippen LogP contribution < -0.4 is 0 Å². The molecule has 0 aliphatic carbocycles. The summed E-state index contributed by atoms with van der Waals surface area (Å²) >= 11 is 6.75. The minimum absolute atomic E-state index is 0.206. The van der Waals surface area contributed by atoms with Gasteiger partial charge in [0.15, 0.2) is 0 Å². The Labute approximate surface area is 239 Å². The van der Waals surface area contributed by atoms with E-state index in [9.17, 15) is 17.6 Å². The predicted octanol–water partition coefficient (Wildman–Crippen LogP) is 7.76. The first-order valence-corrected chi connectivity index (χ1v) is 13.2. The second-order valence-corrected chi connectivity index (χ2v) is 10.5. The van der Waals surface area contributed by atoms with Crippen molar-refractivity contribution in [2.24, 2.45) is 0 Å². The van der Waals surface area contributed by atoms with Crippen LogP contribution in [0.15, 0.2) is 89.4 Å². The Hall–Kier alpha value is -3.47. The molecule has 0 N–H and O–H groups in total. The number of nitrogens with zero attached hydrogens (tertiary/aromatic N) is 3. The molecular weight excluding hydrogens is 538 g/mol. The Balaban J connectivity index is 0.00000216. The van der Waals surface area contributed by atoms with Crippen LogP contribution in [0.2, 0.25) is 0 Å². The maximum Gasteiger partial charge on any atom is 0.414 e. The highest BCUT2D eigenvalue weighted by atomic mass is 35.5. The second-order valence-electron chi connectivity index (χ2n) is 10.2. The topological polar surface area (TPSA) is 9.72 Å². The maximum absolute atomic E-state index is 13.9. The molecule has 1 unspecified atom stereocenters. The normalized spacial score (nSPS) is 18.0. The summed E-state index contributed by atoms with van der Waals surface area (Å²) in [4.78, 5) is 5.54. The van der Waals surface area contributed by atoms with Crippen molar-refractivity contribution in [3.05, 3.63) is 112 Å². The summed E-state index contributed by atoms with van der Waals surface area (Å²) in [5.41, 5.74) is 3.81. The van der Waals surface area contributed by atoms with E-state index in [1.165, 1.54) is 23.1 Å². The number of hydrogen-bond donors (Lipinski definition) is 0. The molecule has 3 nitrogen and oxygen atoms in total. The van der Waals surface area contributed by atoms with E-state index in [4.69, 9.17) is 11.6 Å². The lowest BCUT2D eigenvalue weighted by atomic mass is 9.98. The fourth-order valence-corrected chi connectivity index (χ4v) is 5.14. The molecule has 0 amide bonds. The van der Waals surface area contributed by atoms with Crippen LogP contribution >= 0.6 is 11.6 Å². The number of likely N-dealkylation sites (tertiary alicyclic amines) is 1. The third kappa shape index (κ3) is 7.59. The zero-order valence-electron chi connectivity index (χ0n) is 23.0. The lowest BCUT2D eigenvalue weighted by Crippen LogP contribution is -2.29. The molecule has 0 aromatic heterocycles. The van der Waals surface area contributed by atoms with E-state index in [-0.39, 0.29) is 23.4 Å². The van der Waals surface area contributed by atoms with Gasteiger partial charge >= 0.3 is 6.18 Å². The molecule has 8 heteroatoms. The molecule has 40 heavy (non-hydrogen) atoms. The highest BCUT2D eigenvalue weighted by molar-refractivity contribution is 6.30. The van der Waals surface area contributed by atoms with Gasteiger partial charge in [0.1, 0.15) is 11.0 Å². The van der Waals surface area contributed by atoms with E-state index < -0.39 is 11.7 Å². The monoisotopic (exact) mass is 571 g/mol. The van der Waals surface area contributed by atoms with E-state index in [1.807, 2.05) is 43.3 Å². The average molecular weight is 572 g/mol. The van der Waals surface area contributed by atoms with Gasteiger partial charge in [0.2, 0.25) is 0 Å². The zero-order valence-corrected chi connectivity index (χ0v) is 23.7. The fraction of sp³-hybridized carbons (Fsp3) is 0.312. The van der Waals surface area contributed by atoms with Crippen molar-refractivity contribution in [1.82, 2.24) is 14.7 Å². The molecule has 0 bridgehead atoms. The van der Waals surface area contributed by atoms with Crippen LogP contribution in [-0.2, 0) is 6.54 Å². The molecule has 1 fully saturated rings. The molecule has 0 spiro atoms. The predicted molar refractivity (Wildman–Crippen MR) is 156 cm³/mol. The van der Waals surface area contributed by atoms with Gasteiger partial charge in [-0.1, -0.05) is 48.5 Å². The van der Waals surface area contributed by atoms with Crippen molar-refractivity contribution in [2.75, 3.05) is 33.7 Å². The number of terminal acetylenes is 1. The minimum atomic E-state index is -4.49. The summed E-state index contributed by atoms with van der Waals surface area (Å²) in [7, 11) is 3.89. The van der Waals surface area contributed by atoms with Crippen molar-refractivity contribution in [3.8, 4) is 12.8 Å². The Morgan fingerprint density at radius 2 is 1.80 bits per heavy atom. The van der Waals surface area contributed by atoms with Crippen LogP contribution in [0.5, 0.6) is 0 Å². The van der Waals surface area contributed by atoms with Crippen LogP contribution in [0, 0.1) is 18.7 Å². The van der Waals surface area contributed by atoms with Crippen molar-refractivity contribution < 1.29 is 17.6 Å². The van der Waals surface area contributed by atoms with E-state index in [0.717, 1.165) is 24.1 Å². The Morgan fingerprint density at radius 3 is 2.42 bits per heavy atom. The number of alkyl halides is 3. The smallest absolute Gasteiger partial charge is 0.371 e. The summed E-state index contributed by atoms with van der Waals surface area (Å²) in [5.74, 6) is -0.0566. The lowest BCUT2D eigenvalue weighted by molar-refractivity contribution is -0.0945. The zero-order chi connectivity index (χ0) is 29.6. The first-order valence-electron chi connectivity index (χ1n) is 12.8. The van der Waals surface area contributed by atoms with Gasteiger partial charge in [-0.3, -0.25) is 0 Å². The minimum Gasteiger partial charge on any atom is -0.371 e. The molecule has 212 valence electrons. The number of rotatable bonds is 7. The van der Waals surface area contributed by atoms with Crippen LogP contribution in [0.25, 0.3) is 5.57 Å². The molecule has 1 atom stereocenters. The third-order valence-electron chi connectivity index (χ3n) is 6.99. The van der Waals surface area contributed by atoms with Gasteiger partial charge in [-0.05, 0) is 74.0 Å². The van der Waals surface area contributed by atoms with Gasteiger partial charge in [0.25, 0.3) is 0 Å². The quantitative estimate of drug-likeness (QED) is 0.146. The van der Waals surface area contributed by atoms with Gasteiger partial charge in [0, 0.05) is 43.0 Å². The van der Waals surface area contributed by atoms with Gasteiger partial charge < -0.3 is 14.7 Å². The largest absolute Gasteiger partial charge is 0.414 e. The van der Waals surface area contributed by atoms with Crippen LogP contribution in [0.1, 0.15) is 36.0 Å². The summed E-state index contributed by atoms with van der Waals surface area (Å²) < 4.78 is 55.1. The van der Waals surface area contributed by atoms with E-state index >= 15 is 0 Å². The third-order valence-corrected chi connectivity index (χ3v) is 7.50. The van der Waals surface area contributed by atoms with Crippen molar-refractivity contribution in [3.63, 3.8) is 0 Å². The lowest BCUT2D eigenvalue weighted by Gasteiger charge is -2.30. The molecule has 4 rings (SSSR count). The van der Waals surface area contributed by atoms with Crippen LogP contribution in [0.3, 0.4) is 0 Å². The van der Waals surface area contributed by atoms with Gasteiger partial charge in [-0.25, -0.2) is 4.39 Å². The molecule has 2 aromatic rings. The maximum atomic E-state index is 13.9. The second kappa shape index (κ2) is 13.3. The first kappa shape index (κ1) is 31.1. The van der Waals surface area contributed by atoms with Gasteiger partial charge in [0.05, 0.1) is 12.1 Å². The Kier molecular flexibility index (Phi) is 10.3. The van der Waals surface area contributed by atoms with Crippen LogP contribution in [-0.4, -0.2) is 54.6 Å². The van der Waals surface area contributed by atoms with Crippen molar-refractivity contribution in [1.29, 1.82) is 0 Å². The van der Waals surface area contributed by atoms with Crippen LogP contribution in [0.4, 0.5) is 17.6 Å². The standard InChI is InChI=1S/C30H32ClF4N3.C2H2/c1-20(21(2)37-13-12-25(17-37)23-8-10-28(32)11-9-23)29(31)38-18-26(15-27(19-38)30(33,34)35)24-7-5-6-22(14-24)16-36(3)4;1-2/h5-11,14-15,18,25H,2,12-13,16-17,19H2,1,3-4H3;1-2H/b29-20+;. The van der Waals surface area contributed by atoms with Crippen molar-refractivity contribution >= 4 is 17.2 Å². The molecular formula is C32H34ClF4N3. The summed E-state index contributed by atoms with van der Waals surface area (Å²) in [5, 5.41) is 0.206. The number of halogens is 5. The molecule has 1 saturated heterocycles. The highest BCUT2D eigenvalue weighted by Crippen LogP contribution is 2.37. The van der Waals surface area contributed by atoms with E-state index in [1.54, 1.807) is 25.3 Å². The number of hydrogen-bond acceptors (Lipinski definition) is 3. The van der Waals surface area contributed by atoms with Gasteiger partial charge in [-0.2, -0.15) is 13.2 Å².